The van der Waals surface area contributed by atoms with Crippen molar-refractivity contribution in [1.82, 2.24) is 10.2 Å². The Morgan fingerprint density at radius 1 is 0.821 bits per heavy atom. The first-order valence-corrected chi connectivity index (χ1v) is 14.0. The van der Waals surface area contributed by atoms with Crippen molar-refractivity contribution >= 4 is 34.8 Å². The third-order valence-corrected chi connectivity index (χ3v) is 9.54. The smallest absolute Gasteiger partial charge is 0.247 e. The molecule has 3 aliphatic rings. The summed E-state index contributed by atoms with van der Waals surface area (Å²) in [5.74, 6) is -0.503. The van der Waals surface area contributed by atoms with Gasteiger partial charge in [0.2, 0.25) is 5.91 Å². The fraction of sp³-hybridized carbons (Fsp3) is 0.323. The molecule has 2 aliphatic heterocycles. The maximum Gasteiger partial charge on any atom is 0.247 e. The molecule has 1 amide bonds. The first kappa shape index (κ1) is 26.3. The number of piperidine rings is 1. The number of amides is 1. The van der Waals surface area contributed by atoms with Crippen LogP contribution in [0.25, 0.3) is 0 Å². The van der Waals surface area contributed by atoms with E-state index in [1.807, 2.05) is 36.4 Å². The molecule has 1 aliphatic carbocycles. The highest BCUT2D eigenvalue weighted by Gasteiger charge is 2.51. The van der Waals surface area contributed by atoms with E-state index in [0.717, 1.165) is 42.7 Å². The lowest BCUT2D eigenvalue weighted by Crippen LogP contribution is -2.58. The normalized spacial score (nSPS) is 22.3. The standard InChI is InChI=1S/C31H29Cl2F2N3O/c32-27-10-9-26(19-28(27)33)38-20-36-29(39)31(38)15-17-37(18-16-31)25-11-13-30(14-12-25,21-1-5-23(34)6-2-21)22-3-7-24(35)8-4-22/h1-11,13,19,25H,12,14-18,20H2,(H,36,39). The zero-order valence-corrected chi connectivity index (χ0v) is 22.9. The molecule has 2 heterocycles. The zero-order chi connectivity index (χ0) is 27.2. The lowest BCUT2D eigenvalue weighted by Gasteiger charge is -2.47. The summed E-state index contributed by atoms with van der Waals surface area (Å²) >= 11 is 12.4. The van der Waals surface area contributed by atoms with Gasteiger partial charge in [-0.15, -0.1) is 0 Å². The van der Waals surface area contributed by atoms with Crippen LogP contribution < -0.4 is 10.2 Å². The van der Waals surface area contributed by atoms with Gasteiger partial charge in [0.25, 0.3) is 0 Å². The Morgan fingerprint density at radius 2 is 1.44 bits per heavy atom. The third kappa shape index (κ3) is 4.62. The van der Waals surface area contributed by atoms with Gasteiger partial charge in [0, 0.05) is 30.2 Å². The fourth-order valence-electron chi connectivity index (χ4n) is 6.58. The molecule has 4 nitrogen and oxygen atoms in total. The molecular formula is C31H29Cl2F2N3O. The number of rotatable bonds is 4. The second-order valence-electron chi connectivity index (χ2n) is 10.7. The summed E-state index contributed by atoms with van der Waals surface area (Å²) in [4.78, 5) is 17.7. The van der Waals surface area contributed by atoms with Crippen LogP contribution in [0.15, 0.2) is 78.9 Å². The van der Waals surface area contributed by atoms with Gasteiger partial charge in [0.15, 0.2) is 0 Å². The lowest BCUT2D eigenvalue weighted by molar-refractivity contribution is -0.125. The van der Waals surface area contributed by atoms with Crippen molar-refractivity contribution < 1.29 is 13.6 Å². The molecule has 202 valence electrons. The van der Waals surface area contributed by atoms with E-state index >= 15 is 0 Å². The molecular weight excluding hydrogens is 539 g/mol. The molecule has 3 aromatic rings. The van der Waals surface area contributed by atoms with Gasteiger partial charge in [-0.05, 0) is 79.3 Å². The number of allylic oxidation sites excluding steroid dienone is 1. The molecule has 0 radical (unpaired) electrons. The van der Waals surface area contributed by atoms with Gasteiger partial charge in [-0.1, -0.05) is 59.6 Å². The molecule has 0 aromatic heterocycles. The Hall–Kier alpha value is -2.93. The number of carbonyl (C=O) groups is 1. The summed E-state index contributed by atoms with van der Waals surface area (Å²) in [5.41, 5.74) is 1.80. The molecule has 0 saturated carbocycles. The first-order chi connectivity index (χ1) is 18.8. The third-order valence-electron chi connectivity index (χ3n) is 8.80. The topological polar surface area (TPSA) is 35.6 Å². The van der Waals surface area contributed by atoms with Crippen LogP contribution >= 0.6 is 23.2 Å². The predicted molar refractivity (Wildman–Crippen MR) is 151 cm³/mol. The highest BCUT2D eigenvalue weighted by atomic mass is 35.5. The average molecular weight is 568 g/mol. The van der Waals surface area contributed by atoms with Crippen LogP contribution in [0.1, 0.15) is 36.8 Å². The number of hydrogen-bond acceptors (Lipinski definition) is 3. The van der Waals surface area contributed by atoms with Crippen LogP contribution in [0.2, 0.25) is 10.0 Å². The van der Waals surface area contributed by atoms with Crippen LogP contribution in [0.5, 0.6) is 0 Å². The summed E-state index contributed by atoms with van der Waals surface area (Å²) in [6.07, 6.45) is 7.54. The minimum Gasteiger partial charge on any atom is -0.339 e. The van der Waals surface area contributed by atoms with Crippen LogP contribution in [-0.2, 0) is 10.2 Å². The minimum absolute atomic E-state index is 0.0547. The lowest BCUT2D eigenvalue weighted by atomic mass is 9.68. The number of nitrogens with zero attached hydrogens (tertiary/aromatic N) is 2. The molecule has 0 bridgehead atoms. The van der Waals surface area contributed by atoms with Crippen molar-refractivity contribution in [3.8, 4) is 0 Å². The van der Waals surface area contributed by atoms with Crippen LogP contribution in [-0.4, -0.2) is 42.1 Å². The number of carbonyl (C=O) groups excluding carboxylic acids is 1. The van der Waals surface area contributed by atoms with E-state index in [1.54, 1.807) is 6.07 Å². The number of nitrogens with one attached hydrogen (secondary N) is 1. The Morgan fingerprint density at radius 3 is 1.97 bits per heavy atom. The summed E-state index contributed by atoms with van der Waals surface area (Å²) in [6.45, 7) is 2.00. The molecule has 1 spiro atoms. The van der Waals surface area contributed by atoms with Gasteiger partial charge >= 0.3 is 0 Å². The summed E-state index contributed by atoms with van der Waals surface area (Å²) in [5, 5.41) is 4.00. The minimum atomic E-state index is -0.613. The Balaban J connectivity index is 1.23. The van der Waals surface area contributed by atoms with Gasteiger partial charge in [-0.2, -0.15) is 0 Å². The SMILES string of the molecule is O=C1NCN(c2ccc(Cl)c(Cl)c2)C12CCN(C1C=CC(c3ccc(F)cc3)(c3ccc(F)cc3)CC1)CC2. The second kappa shape index (κ2) is 10.2. The number of likely N-dealkylation sites (tertiary alicyclic amines) is 1. The Kier molecular flexibility index (Phi) is 6.90. The first-order valence-electron chi connectivity index (χ1n) is 13.3. The van der Waals surface area contributed by atoms with E-state index in [4.69, 9.17) is 23.2 Å². The fourth-order valence-corrected chi connectivity index (χ4v) is 6.87. The molecule has 39 heavy (non-hydrogen) atoms. The monoisotopic (exact) mass is 567 g/mol. The van der Waals surface area contributed by atoms with Crippen molar-refractivity contribution in [2.45, 2.75) is 42.7 Å². The number of benzene rings is 3. The molecule has 6 rings (SSSR count). The highest BCUT2D eigenvalue weighted by molar-refractivity contribution is 6.42. The Bertz CT molecular complexity index is 1360. The van der Waals surface area contributed by atoms with E-state index in [-0.39, 0.29) is 23.6 Å². The Labute approximate surface area is 237 Å². The van der Waals surface area contributed by atoms with Gasteiger partial charge < -0.3 is 10.2 Å². The van der Waals surface area contributed by atoms with E-state index in [9.17, 15) is 13.6 Å². The van der Waals surface area contributed by atoms with Crippen LogP contribution in [0.3, 0.4) is 0 Å². The molecule has 1 N–H and O–H groups in total. The number of anilines is 1. The van der Waals surface area contributed by atoms with Gasteiger partial charge in [-0.3, -0.25) is 9.69 Å². The summed E-state index contributed by atoms with van der Waals surface area (Å²) < 4.78 is 27.5. The van der Waals surface area contributed by atoms with E-state index in [1.165, 1.54) is 24.3 Å². The molecule has 2 saturated heterocycles. The van der Waals surface area contributed by atoms with Crippen LogP contribution in [0, 0.1) is 11.6 Å². The van der Waals surface area contributed by atoms with Gasteiger partial charge in [-0.25, -0.2) is 8.78 Å². The molecule has 1 atom stereocenters. The average Bonchev–Trinajstić information content (AvgIpc) is 3.26. The van der Waals surface area contributed by atoms with Crippen molar-refractivity contribution in [3.05, 3.63) is 112 Å². The molecule has 8 heteroatoms. The van der Waals surface area contributed by atoms with E-state index in [0.29, 0.717) is 29.6 Å². The van der Waals surface area contributed by atoms with Crippen molar-refractivity contribution in [2.24, 2.45) is 0 Å². The van der Waals surface area contributed by atoms with Crippen molar-refractivity contribution in [2.75, 3.05) is 24.7 Å². The quantitative estimate of drug-likeness (QED) is 0.356. The van der Waals surface area contributed by atoms with E-state index in [2.05, 4.69) is 27.3 Å². The maximum atomic E-state index is 13.7. The largest absolute Gasteiger partial charge is 0.339 e. The summed E-state index contributed by atoms with van der Waals surface area (Å²) in [7, 11) is 0. The molecule has 2 fully saturated rings. The van der Waals surface area contributed by atoms with Crippen molar-refractivity contribution in [1.29, 1.82) is 0 Å². The number of hydrogen-bond donors (Lipinski definition) is 1. The maximum absolute atomic E-state index is 13.7. The number of halogens is 4. The van der Waals surface area contributed by atoms with E-state index < -0.39 is 11.0 Å². The zero-order valence-electron chi connectivity index (χ0n) is 21.3. The highest BCUT2D eigenvalue weighted by Crippen LogP contribution is 2.44. The van der Waals surface area contributed by atoms with Crippen molar-refractivity contribution in [3.63, 3.8) is 0 Å². The predicted octanol–water partition coefficient (Wildman–Crippen LogP) is 6.70. The second-order valence-corrected chi connectivity index (χ2v) is 11.5. The van der Waals surface area contributed by atoms with Gasteiger partial charge in [0.05, 0.1) is 16.7 Å². The molecule has 1 unspecified atom stereocenters. The molecule has 3 aromatic carbocycles. The van der Waals surface area contributed by atoms with Crippen LogP contribution in [0.4, 0.5) is 14.5 Å². The van der Waals surface area contributed by atoms with Gasteiger partial charge in [0.1, 0.15) is 17.2 Å². The summed E-state index contributed by atoms with van der Waals surface area (Å²) in [6, 6.07) is 19.0.